The molecule has 0 spiro atoms. The molecule has 0 aliphatic heterocycles. The van der Waals surface area contributed by atoms with E-state index in [0.717, 1.165) is 22.3 Å². The summed E-state index contributed by atoms with van der Waals surface area (Å²) < 4.78 is 1.88. The topological polar surface area (TPSA) is 83.2 Å². The van der Waals surface area contributed by atoms with Crippen LogP contribution in [0.15, 0.2) is 31.0 Å². The molecule has 116 valence electrons. The number of aromatic nitrogens is 5. The van der Waals surface area contributed by atoms with Crippen molar-refractivity contribution in [2.24, 2.45) is 11.8 Å². The predicted molar refractivity (Wildman–Crippen MR) is 86.2 cm³/mol. The number of nitriles is 1. The van der Waals surface area contributed by atoms with Crippen LogP contribution in [0.3, 0.4) is 0 Å². The van der Waals surface area contributed by atoms with Crippen LogP contribution >= 0.6 is 0 Å². The summed E-state index contributed by atoms with van der Waals surface area (Å²) in [6.45, 7) is 0.655. The maximum atomic E-state index is 9.47. The van der Waals surface area contributed by atoms with Crippen molar-refractivity contribution >= 4 is 11.0 Å². The van der Waals surface area contributed by atoms with Gasteiger partial charge in [-0.15, -0.1) is 0 Å². The molecule has 4 rings (SSSR count). The minimum Gasteiger partial charge on any atom is -0.346 e. The average molecular weight is 306 g/mol. The fraction of sp³-hybridized carbons (Fsp3) is 0.412. The van der Waals surface area contributed by atoms with Crippen LogP contribution in [0.2, 0.25) is 0 Å². The number of rotatable bonds is 4. The van der Waals surface area contributed by atoms with Crippen molar-refractivity contribution in [3.8, 4) is 17.3 Å². The third-order valence-electron chi connectivity index (χ3n) is 4.78. The van der Waals surface area contributed by atoms with Gasteiger partial charge in [0.1, 0.15) is 12.0 Å². The largest absolute Gasteiger partial charge is 0.346 e. The number of hydrogen-bond acceptors (Lipinski definition) is 4. The lowest BCUT2D eigenvalue weighted by atomic mass is 9.92. The van der Waals surface area contributed by atoms with Crippen molar-refractivity contribution in [2.45, 2.75) is 32.2 Å². The van der Waals surface area contributed by atoms with E-state index in [0.29, 0.717) is 12.5 Å². The van der Waals surface area contributed by atoms with Crippen LogP contribution in [0.4, 0.5) is 0 Å². The Morgan fingerprint density at radius 3 is 3.04 bits per heavy atom. The fourth-order valence-electron chi connectivity index (χ4n) is 3.54. The van der Waals surface area contributed by atoms with Crippen molar-refractivity contribution in [2.75, 3.05) is 0 Å². The number of aromatic amines is 1. The first-order chi connectivity index (χ1) is 11.3. The monoisotopic (exact) mass is 306 g/mol. The van der Waals surface area contributed by atoms with Crippen LogP contribution in [-0.4, -0.2) is 24.7 Å². The molecule has 0 bridgehead atoms. The van der Waals surface area contributed by atoms with Gasteiger partial charge in [-0.25, -0.2) is 9.97 Å². The van der Waals surface area contributed by atoms with Crippen LogP contribution < -0.4 is 0 Å². The summed E-state index contributed by atoms with van der Waals surface area (Å²) >= 11 is 0. The molecular formula is C17H18N6. The minimum atomic E-state index is 0.0444. The van der Waals surface area contributed by atoms with Gasteiger partial charge >= 0.3 is 0 Å². The number of H-pyrrole nitrogens is 1. The number of fused-ring (bicyclic) bond motifs is 1. The lowest BCUT2D eigenvalue weighted by Gasteiger charge is -2.15. The van der Waals surface area contributed by atoms with Crippen molar-refractivity contribution in [3.05, 3.63) is 31.0 Å². The van der Waals surface area contributed by atoms with Crippen LogP contribution in [0.25, 0.3) is 22.3 Å². The van der Waals surface area contributed by atoms with Crippen molar-refractivity contribution in [1.82, 2.24) is 24.7 Å². The number of hydrogen-bond donors (Lipinski definition) is 1. The molecule has 1 aliphatic rings. The van der Waals surface area contributed by atoms with E-state index in [4.69, 9.17) is 0 Å². The Bertz CT molecular complexity index is 849. The lowest BCUT2D eigenvalue weighted by molar-refractivity contribution is 0.355. The highest BCUT2D eigenvalue weighted by Gasteiger charge is 2.25. The Labute approximate surface area is 134 Å². The molecule has 0 unspecified atom stereocenters. The molecule has 3 aromatic heterocycles. The maximum absolute atomic E-state index is 9.47. The zero-order valence-corrected chi connectivity index (χ0v) is 12.8. The summed E-state index contributed by atoms with van der Waals surface area (Å²) in [5.74, 6) is 0.561. The lowest BCUT2D eigenvalue weighted by Crippen LogP contribution is -2.17. The zero-order valence-electron chi connectivity index (χ0n) is 12.8. The molecule has 0 aromatic carbocycles. The maximum Gasteiger partial charge on any atom is 0.141 e. The van der Waals surface area contributed by atoms with Crippen LogP contribution in [-0.2, 0) is 6.54 Å². The zero-order chi connectivity index (χ0) is 15.6. The van der Waals surface area contributed by atoms with Gasteiger partial charge in [-0.1, -0.05) is 12.8 Å². The Balaban J connectivity index is 1.59. The standard InChI is InChI=1S/C17H18N6/c18-7-13(12-3-1-2-4-12)9-23-10-14(8-22-23)16-15-5-6-19-17(15)21-11-20-16/h5-6,8,10-13H,1-4,9H2,(H,19,20,21)/t13-/m0/s1. The highest BCUT2D eigenvalue weighted by atomic mass is 15.3. The van der Waals surface area contributed by atoms with Gasteiger partial charge in [0.05, 0.1) is 30.4 Å². The Morgan fingerprint density at radius 2 is 2.22 bits per heavy atom. The number of nitrogens with one attached hydrogen (secondary N) is 1. The first kappa shape index (κ1) is 13.9. The Kier molecular flexibility index (Phi) is 3.54. The molecule has 3 aromatic rings. The summed E-state index contributed by atoms with van der Waals surface area (Å²) in [7, 11) is 0. The second-order valence-electron chi connectivity index (χ2n) is 6.19. The minimum absolute atomic E-state index is 0.0444. The Morgan fingerprint density at radius 1 is 1.35 bits per heavy atom. The SMILES string of the molecule is N#C[C@@H](Cn1cc(-c2ncnc3[nH]ccc23)cn1)C1CCCC1. The summed E-state index contributed by atoms with van der Waals surface area (Å²) in [4.78, 5) is 11.7. The van der Waals surface area contributed by atoms with Gasteiger partial charge in [-0.3, -0.25) is 4.68 Å². The average Bonchev–Trinajstić information content (AvgIpc) is 3.32. The van der Waals surface area contributed by atoms with E-state index in [2.05, 4.69) is 26.1 Å². The second kappa shape index (κ2) is 5.84. The van der Waals surface area contributed by atoms with Crippen molar-refractivity contribution in [3.63, 3.8) is 0 Å². The smallest absolute Gasteiger partial charge is 0.141 e. The van der Waals surface area contributed by atoms with Crippen molar-refractivity contribution < 1.29 is 0 Å². The van der Waals surface area contributed by atoms with Crippen LogP contribution in [0.5, 0.6) is 0 Å². The summed E-state index contributed by atoms with van der Waals surface area (Å²) in [6.07, 6.45) is 12.1. The molecule has 23 heavy (non-hydrogen) atoms. The molecule has 0 saturated heterocycles. The van der Waals surface area contributed by atoms with E-state index in [1.807, 2.05) is 29.3 Å². The van der Waals surface area contributed by atoms with Gasteiger partial charge in [0.15, 0.2) is 0 Å². The molecule has 1 aliphatic carbocycles. The number of nitrogens with zero attached hydrogens (tertiary/aromatic N) is 5. The predicted octanol–water partition coefficient (Wildman–Crippen LogP) is 3.15. The summed E-state index contributed by atoms with van der Waals surface area (Å²) in [5.41, 5.74) is 2.65. The normalized spacial score (nSPS) is 16.7. The van der Waals surface area contributed by atoms with E-state index >= 15 is 0 Å². The van der Waals surface area contributed by atoms with Crippen LogP contribution in [0, 0.1) is 23.2 Å². The molecular weight excluding hydrogens is 288 g/mol. The molecule has 3 heterocycles. The summed E-state index contributed by atoms with van der Waals surface area (Å²) in [6, 6.07) is 4.45. The van der Waals surface area contributed by atoms with E-state index in [1.54, 1.807) is 6.33 Å². The molecule has 1 saturated carbocycles. The quantitative estimate of drug-likeness (QED) is 0.802. The molecule has 0 radical (unpaired) electrons. The van der Waals surface area contributed by atoms with Gasteiger partial charge in [0.25, 0.3) is 0 Å². The van der Waals surface area contributed by atoms with E-state index in [9.17, 15) is 5.26 Å². The molecule has 6 heteroatoms. The van der Waals surface area contributed by atoms with E-state index < -0.39 is 0 Å². The molecule has 1 N–H and O–H groups in total. The van der Waals surface area contributed by atoms with Gasteiger partial charge in [-0.2, -0.15) is 10.4 Å². The Hall–Kier alpha value is -2.68. The van der Waals surface area contributed by atoms with E-state index in [-0.39, 0.29) is 5.92 Å². The fourth-order valence-corrected chi connectivity index (χ4v) is 3.54. The molecule has 1 atom stereocenters. The molecule has 6 nitrogen and oxygen atoms in total. The highest BCUT2D eigenvalue weighted by molar-refractivity contribution is 5.89. The van der Waals surface area contributed by atoms with Gasteiger partial charge in [-0.05, 0) is 24.8 Å². The van der Waals surface area contributed by atoms with Crippen molar-refractivity contribution in [1.29, 1.82) is 5.26 Å². The molecule has 0 amide bonds. The van der Waals surface area contributed by atoms with Crippen LogP contribution in [0.1, 0.15) is 25.7 Å². The van der Waals surface area contributed by atoms with Gasteiger partial charge < -0.3 is 4.98 Å². The van der Waals surface area contributed by atoms with Gasteiger partial charge in [0, 0.05) is 23.3 Å². The third kappa shape index (κ3) is 2.59. The van der Waals surface area contributed by atoms with Gasteiger partial charge in [0.2, 0.25) is 0 Å². The second-order valence-corrected chi connectivity index (χ2v) is 6.19. The first-order valence-corrected chi connectivity index (χ1v) is 8.05. The summed E-state index contributed by atoms with van der Waals surface area (Å²) in [5, 5.41) is 14.9. The molecule has 1 fully saturated rings. The third-order valence-corrected chi connectivity index (χ3v) is 4.78. The first-order valence-electron chi connectivity index (χ1n) is 8.05. The highest BCUT2D eigenvalue weighted by Crippen LogP contribution is 2.32. The van der Waals surface area contributed by atoms with E-state index in [1.165, 1.54) is 25.7 Å².